The number of amides is 3. The maximum Gasteiger partial charge on any atom is 0.321 e. The van der Waals surface area contributed by atoms with Crippen molar-refractivity contribution in [2.75, 3.05) is 25.5 Å². The smallest absolute Gasteiger partial charge is 0.321 e. The Balaban J connectivity index is 1.97. The van der Waals surface area contributed by atoms with Gasteiger partial charge in [0.25, 0.3) is 5.91 Å². The summed E-state index contributed by atoms with van der Waals surface area (Å²) in [5.41, 5.74) is 1.29. The lowest BCUT2D eigenvalue weighted by molar-refractivity contribution is 0.0963. The van der Waals surface area contributed by atoms with Gasteiger partial charge in [-0.25, -0.2) is 4.79 Å². The first-order chi connectivity index (χ1) is 9.99. The highest BCUT2D eigenvalue weighted by Gasteiger charge is 2.25. The molecule has 114 valence electrons. The molecule has 5 nitrogen and oxygen atoms in total. The largest absolute Gasteiger partial charge is 0.355 e. The Kier molecular flexibility index (Phi) is 4.83. The van der Waals surface area contributed by atoms with Crippen LogP contribution in [0.4, 0.5) is 10.5 Å². The van der Waals surface area contributed by atoms with Crippen LogP contribution in [0.25, 0.3) is 0 Å². The number of rotatable bonds is 2. The molecule has 0 unspecified atom stereocenters. The maximum atomic E-state index is 12.3. The molecule has 1 fully saturated rings. The van der Waals surface area contributed by atoms with Crippen LogP contribution in [0.2, 0.25) is 0 Å². The molecule has 1 aliphatic heterocycles. The summed E-state index contributed by atoms with van der Waals surface area (Å²) in [5.74, 6) is 0.941. The zero-order valence-corrected chi connectivity index (χ0v) is 12.8. The van der Waals surface area contributed by atoms with E-state index in [-0.39, 0.29) is 11.9 Å². The van der Waals surface area contributed by atoms with E-state index in [9.17, 15) is 9.59 Å². The van der Waals surface area contributed by atoms with E-state index in [1.165, 1.54) is 6.42 Å². The van der Waals surface area contributed by atoms with Gasteiger partial charge in [-0.05, 0) is 42.5 Å². The summed E-state index contributed by atoms with van der Waals surface area (Å²) >= 11 is 0. The van der Waals surface area contributed by atoms with Gasteiger partial charge in [-0.3, -0.25) is 4.79 Å². The Morgan fingerprint density at radius 1 is 1.10 bits per heavy atom. The van der Waals surface area contributed by atoms with Crippen molar-refractivity contribution >= 4 is 17.6 Å². The predicted molar refractivity (Wildman–Crippen MR) is 83.4 cm³/mol. The minimum absolute atomic E-state index is 0.0684. The molecule has 1 heterocycles. The number of nitrogens with one attached hydrogen (secondary N) is 2. The van der Waals surface area contributed by atoms with E-state index in [2.05, 4.69) is 24.5 Å². The van der Waals surface area contributed by atoms with Gasteiger partial charge in [-0.2, -0.15) is 0 Å². The van der Waals surface area contributed by atoms with Gasteiger partial charge in [0.2, 0.25) is 0 Å². The molecule has 0 radical (unpaired) electrons. The third kappa shape index (κ3) is 3.97. The summed E-state index contributed by atoms with van der Waals surface area (Å²) in [6.07, 6.45) is 1.17. The number of urea groups is 1. The number of likely N-dealkylation sites (tertiary alicyclic amines) is 1. The number of piperidine rings is 1. The molecule has 0 bridgehead atoms. The van der Waals surface area contributed by atoms with Crippen molar-refractivity contribution in [3.05, 3.63) is 29.8 Å². The third-order valence-corrected chi connectivity index (χ3v) is 3.78. The number of benzene rings is 1. The number of nitrogens with zero attached hydrogens (tertiary/aromatic N) is 1. The Morgan fingerprint density at radius 3 is 2.19 bits per heavy atom. The summed E-state index contributed by atoms with van der Waals surface area (Å²) < 4.78 is 0. The fourth-order valence-corrected chi connectivity index (χ4v) is 2.88. The second kappa shape index (κ2) is 6.61. The lowest BCUT2D eigenvalue weighted by Gasteiger charge is -2.34. The van der Waals surface area contributed by atoms with Gasteiger partial charge in [0, 0.05) is 31.4 Å². The second-order valence-electron chi connectivity index (χ2n) is 5.94. The summed E-state index contributed by atoms with van der Waals surface area (Å²) in [7, 11) is 1.59. The third-order valence-electron chi connectivity index (χ3n) is 3.78. The van der Waals surface area contributed by atoms with Crippen molar-refractivity contribution in [3.8, 4) is 0 Å². The second-order valence-corrected chi connectivity index (χ2v) is 5.94. The molecule has 2 N–H and O–H groups in total. The van der Waals surface area contributed by atoms with Crippen LogP contribution < -0.4 is 10.6 Å². The Hall–Kier alpha value is -2.04. The van der Waals surface area contributed by atoms with Crippen LogP contribution >= 0.6 is 0 Å². The van der Waals surface area contributed by atoms with E-state index in [0.29, 0.717) is 23.1 Å². The molecule has 1 saturated heterocycles. The molecule has 1 aromatic carbocycles. The Morgan fingerprint density at radius 2 is 1.67 bits per heavy atom. The lowest BCUT2D eigenvalue weighted by Crippen LogP contribution is -2.44. The number of carbonyl (C=O) groups is 2. The van der Waals surface area contributed by atoms with Crippen molar-refractivity contribution < 1.29 is 9.59 Å². The van der Waals surface area contributed by atoms with Gasteiger partial charge in [0.15, 0.2) is 0 Å². The summed E-state index contributed by atoms with van der Waals surface area (Å²) in [6, 6.07) is 6.84. The van der Waals surface area contributed by atoms with Crippen LogP contribution in [-0.4, -0.2) is 37.0 Å². The molecular weight excluding hydrogens is 266 g/mol. The number of hydrogen-bond donors (Lipinski definition) is 2. The average Bonchev–Trinajstić information content (AvgIpc) is 2.46. The monoisotopic (exact) mass is 289 g/mol. The highest BCUT2D eigenvalue weighted by Crippen LogP contribution is 2.21. The molecule has 1 aliphatic rings. The lowest BCUT2D eigenvalue weighted by atomic mass is 9.92. The minimum atomic E-state index is -0.133. The van der Waals surface area contributed by atoms with Gasteiger partial charge in [-0.15, -0.1) is 0 Å². The van der Waals surface area contributed by atoms with E-state index < -0.39 is 0 Å². The van der Waals surface area contributed by atoms with Crippen molar-refractivity contribution in [3.63, 3.8) is 0 Å². The number of anilines is 1. The fourth-order valence-electron chi connectivity index (χ4n) is 2.88. The van der Waals surface area contributed by atoms with Gasteiger partial charge < -0.3 is 15.5 Å². The molecule has 0 aromatic heterocycles. The molecule has 1 aromatic rings. The van der Waals surface area contributed by atoms with Crippen LogP contribution in [0.3, 0.4) is 0 Å². The van der Waals surface area contributed by atoms with Crippen LogP contribution in [-0.2, 0) is 0 Å². The molecule has 2 atom stereocenters. The fraction of sp³-hybridized carbons (Fsp3) is 0.500. The number of hydrogen-bond acceptors (Lipinski definition) is 2. The standard InChI is InChI=1S/C16H23N3O2/c1-11-8-12(2)10-19(9-11)16(21)18-14-6-4-13(5-7-14)15(20)17-3/h4-7,11-12H,8-10H2,1-3H3,(H,17,20)(H,18,21)/t11-,12+. The van der Waals surface area contributed by atoms with E-state index in [1.807, 2.05) is 4.90 Å². The van der Waals surface area contributed by atoms with Crippen LogP contribution in [0.1, 0.15) is 30.6 Å². The highest BCUT2D eigenvalue weighted by molar-refractivity contribution is 5.95. The van der Waals surface area contributed by atoms with Crippen molar-refractivity contribution in [2.45, 2.75) is 20.3 Å². The molecule has 5 heteroatoms. The molecule has 0 aliphatic carbocycles. The van der Waals surface area contributed by atoms with Crippen LogP contribution in [0.15, 0.2) is 24.3 Å². The topological polar surface area (TPSA) is 61.4 Å². The van der Waals surface area contributed by atoms with E-state index in [4.69, 9.17) is 0 Å². The van der Waals surface area contributed by atoms with Crippen molar-refractivity contribution in [1.29, 1.82) is 0 Å². The van der Waals surface area contributed by atoms with Crippen molar-refractivity contribution in [2.24, 2.45) is 11.8 Å². The first kappa shape index (κ1) is 15.4. The first-order valence-electron chi connectivity index (χ1n) is 7.37. The van der Waals surface area contributed by atoms with Crippen LogP contribution in [0.5, 0.6) is 0 Å². The SMILES string of the molecule is CNC(=O)c1ccc(NC(=O)N2C[C@H](C)C[C@H](C)C2)cc1. The minimum Gasteiger partial charge on any atom is -0.355 e. The zero-order valence-electron chi connectivity index (χ0n) is 12.8. The molecule has 0 saturated carbocycles. The van der Waals surface area contributed by atoms with E-state index in [0.717, 1.165) is 13.1 Å². The predicted octanol–water partition coefficient (Wildman–Crippen LogP) is 2.56. The quantitative estimate of drug-likeness (QED) is 0.879. The van der Waals surface area contributed by atoms with Gasteiger partial charge in [-0.1, -0.05) is 13.8 Å². The first-order valence-corrected chi connectivity index (χ1v) is 7.37. The molecule has 3 amide bonds. The van der Waals surface area contributed by atoms with Crippen LogP contribution in [0, 0.1) is 11.8 Å². The summed E-state index contributed by atoms with van der Waals surface area (Å²) in [6.45, 7) is 5.95. The highest BCUT2D eigenvalue weighted by atomic mass is 16.2. The van der Waals surface area contributed by atoms with Crippen molar-refractivity contribution in [1.82, 2.24) is 10.2 Å². The zero-order chi connectivity index (χ0) is 15.4. The van der Waals surface area contributed by atoms with Gasteiger partial charge in [0.1, 0.15) is 0 Å². The molecule has 21 heavy (non-hydrogen) atoms. The molecule has 0 spiro atoms. The van der Waals surface area contributed by atoms with Gasteiger partial charge in [0.05, 0.1) is 0 Å². The summed E-state index contributed by atoms with van der Waals surface area (Å²) in [5, 5.41) is 5.46. The van der Waals surface area contributed by atoms with E-state index in [1.54, 1.807) is 31.3 Å². The average molecular weight is 289 g/mol. The Labute approximate surface area is 125 Å². The summed E-state index contributed by atoms with van der Waals surface area (Å²) in [4.78, 5) is 25.6. The molecule has 2 rings (SSSR count). The maximum absolute atomic E-state index is 12.3. The Bertz CT molecular complexity index is 503. The molecular formula is C16H23N3O2. The van der Waals surface area contributed by atoms with E-state index >= 15 is 0 Å². The van der Waals surface area contributed by atoms with Gasteiger partial charge >= 0.3 is 6.03 Å². The normalized spacial score (nSPS) is 21.8. The number of carbonyl (C=O) groups excluding carboxylic acids is 2.